The smallest absolute Gasteiger partial charge is 0.305 e. The number of halogens is 1. The van der Waals surface area contributed by atoms with Gasteiger partial charge in [0.25, 0.3) is 5.91 Å². The van der Waals surface area contributed by atoms with E-state index in [9.17, 15) is 9.59 Å². The Hall–Kier alpha value is -2.15. The zero-order valence-corrected chi connectivity index (χ0v) is 12.0. The second-order valence-electron chi connectivity index (χ2n) is 3.69. The Labute approximate surface area is 122 Å². The van der Waals surface area contributed by atoms with Crippen molar-refractivity contribution in [1.29, 1.82) is 0 Å². The molecule has 0 saturated heterocycles. The van der Waals surface area contributed by atoms with E-state index in [0.29, 0.717) is 11.5 Å². The van der Waals surface area contributed by atoms with Crippen LogP contribution in [0.2, 0.25) is 0 Å². The van der Waals surface area contributed by atoms with Crippen molar-refractivity contribution in [1.82, 2.24) is 5.32 Å². The quantitative estimate of drug-likeness (QED) is 0.674. The van der Waals surface area contributed by atoms with E-state index in [0.717, 1.165) is 0 Å². The Morgan fingerprint density at radius 1 is 1.25 bits per heavy atom. The van der Waals surface area contributed by atoms with Crippen LogP contribution in [0, 0.1) is 0 Å². The van der Waals surface area contributed by atoms with Crippen LogP contribution in [0.3, 0.4) is 0 Å². The predicted octanol–water partition coefficient (Wildman–Crippen LogP) is 0.912. The van der Waals surface area contributed by atoms with Crippen molar-refractivity contribution in [3.63, 3.8) is 0 Å². The molecule has 0 aromatic heterocycles. The SMILES string of the molecule is COc1cc(N)c(C(=O)NCCC(=O)O)cc1OC.Cl. The highest BCUT2D eigenvalue weighted by Gasteiger charge is 2.15. The van der Waals surface area contributed by atoms with Crippen molar-refractivity contribution < 1.29 is 24.2 Å². The summed E-state index contributed by atoms with van der Waals surface area (Å²) in [5.41, 5.74) is 6.18. The number of nitrogens with two attached hydrogens (primary N) is 1. The van der Waals surface area contributed by atoms with Crippen LogP contribution < -0.4 is 20.5 Å². The normalized spacial score (nSPS) is 9.30. The number of hydrogen-bond donors (Lipinski definition) is 3. The monoisotopic (exact) mass is 304 g/mol. The van der Waals surface area contributed by atoms with Gasteiger partial charge in [-0.1, -0.05) is 0 Å². The van der Waals surface area contributed by atoms with E-state index in [2.05, 4.69) is 5.32 Å². The van der Waals surface area contributed by atoms with Crippen LogP contribution in [0.4, 0.5) is 5.69 Å². The van der Waals surface area contributed by atoms with Gasteiger partial charge >= 0.3 is 5.97 Å². The van der Waals surface area contributed by atoms with Crippen LogP contribution in [0.1, 0.15) is 16.8 Å². The molecule has 1 amide bonds. The van der Waals surface area contributed by atoms with E-state index in [4.69, 9.17) is 20.3 Å². The number of rotatable bonds is 6. The Morgan fingerprint density at radius 2 is 1.80 bits per heavy atom. The van der Waals surface area contributed by atoms with Gasteiger partial charge in [0.2, 0.25) is 0 Å². The molecule has 0 spiro atoms. The lowest BCUT2D eigenvalue weighted by atomic mass is 10.1. The second-order valence-corrected chi connectivity index (χ2v) is 3.69. The minimum atomic E-state index is -0.986. The average molecular weight is 305 g/mol. The molecule has 8 heteroatoms. The van der Waals surface area contributed by atoms with Crippen LogP contribution in [0.25, 0.3) is 0 Å². The van der Waals surface area contributed by atoms with Gasteiger partial charge in [-0.3, -0.25) is 9.59 Å². The number of carbonyl (C=O) groups excluding carboxylic acids is 1. The third-order valence-corrected chi connectivity index (χ3v) is 2.42. The van der Waals surface area contributed by atoms with Gasteiger partial charge < -0.3 is 25.6 Å². The fourth-order valence-electron chi connectivity index (χ4n) is 1.47. The molecule has 4 N–H and O–H groups in total. The van der Waals surface area contributed by atoms with Crippen molar-refractivity contribution in [3.05, 3.63) is 17.7 Å². The number of ether oxygens (including phenoxy) is 2. The summed E-state index contributed by atoms with van der Waals surface area (Å²) in [6.45, 7) is 0.0297. The maximum Gasteiger partial charge on any atom is 0.305 e. The van der Waals surface area contributed by atoms with Crippen LogP contribution >= 0.6 is 12.4 Å². The molecule has 0 unspecified atom stereocenters. The number of benzene rings is 1. The van der Waals surface area contributed by atoms with E-state index in [1.54, 1.807) is 0 Å². The van der Waals surface area contributed by atoms with Crippen molar-refractivity contribution in [3.8, 4) is 11.5 Å². The Morgan fingerprint density at radius 3 is 2.30 bits per heavy atom. The summed E-state index contributed by atoms with van der Waals surface area (Å²) in [5.74, 6) is -0.651. The summed E-state index contributed by atoms with van der Waals surface area (Å²) in [7, 11) is 2.91. The number of carboxylic acid groups (broad SMARTS) is 1. The zero-order valence-electron chi connectivity index (χ0n) is 11.1. The summed E-state index contributed by atoms with van der Waals surface area (Å²) in [6, 6.07) is 2.93. The predicted molar refractivity (Wildman–Crippen MR) is 75.8 cm³/mol. The molecule has 7 nitrogen and oxygen atoms in total. The molecule has 0 aliphatic heterocycles. The first-order valence-electron chi connectivity index (χ1n) is 5.51. The van der Waals surface area contributed by atoms with Crippen molar-refractivity contribution in [2.24, 2.45) is 0 Å². The number of nitrogen functional groups attached to an aromatic ring is 1. The lowest BCUT2D eigenvalue weighted by molar-refractivity contribution is -0.136. The maximum absolute atomic E-state index is 11.8. The van der Waals surface area contributed by atoms with Gasteiger partial charge in [0.15, 0.2) is 11.5 Å². The Kier molecular flexibility index (Phi) is 7.24. The summed E-state index contributed by atoms with van der Waals surface area (Å²) in [5, 5.41) is 11.0. The van der Waals surface area contributed by atoms with Crippen molar-refractivity contribution in [2.75, 3.05) is 26.5 Å². The number of amides is 1. The van der Waals surface area contributed by atoms with Gasteiger partial charge in [0, 0.05) is 18.3 Å². The van der Waals surface area contributed by atoms with Gasteiger partial charge in [-0.2, -0.15) is 0 Å². The molecule has 0 aliphatic rings. The Balaban J connectivity index is 0.00000361. The number of carboxylic acids is 1. The largest absolute Gasteiger partial charge is 0.493 e. The van der Waals surface area contributed by atoms with E-state index in [1.807, 2.05) is 0 Å². The molecule has 1 rings (SSSR count). The summed E-state index contributed by atoms with van der Waals surface area (Å²) in [6.07, 6.45) is -0.154. The number of aliphatic carboxylic acids is 1. The first-order valence-corrected chi connectivity index (χ1v) is 5.51. The van der Waals surface area contributed by atoms with Gasteiger partial charge in [-0.05, 0) is 6.07 Å². The van der Waals surface area contributed by atoms with Crippen molar-refractivity contribution in [2.45, 2.75) is 6.42 Å². The summed E-state index contributed by atoms with van der Waals surface area (Å²) < 4.78 is 10.1. The first-order chi connectivity index (χ1) is 8.99. The second kappa shape index (κ2) is 8.11. The van der Waals surface area contributed by atoms with Crippen LogP contribution in [-0.4, -0.2) is 37.7 Å². The summed E-state index contributed by atoms with van der Waals surface area (Å²) >= 11 is 0. The fraction of sp³-hybridized carbons (Fsp3) is 0.333. The molecule has 1 aromatic rings. The molecule has 20 heavy (non-hydrogen) atoms. The average Bonchev–Trinajstić information content (AvgIpc) is 2.37. The van der Waals surface area contributed by atoms with Crippen LogP contribution in [0.15, 0.2) is 12.1 Å². The van der Waals surface area contributed by atoms with Gasteiger partial charge in [0.1, 0.15) is 0 Å². The number of nitrogens with one attached hydrogen (secondary N) is 1. The maximum atomic E-state index is 11.8. The number of anilines is 1. The molecule has 0 fully saturated rings. The van der Waals surface area contributed by atoms with Crippen LogP contribution in [0.5, 0.6) is 11.5 Å². The number of hydrogen-bond acceptors (Lipinski definition) is 5. The highest BCUT2D eigenvalue weighted by atomic mass is 35.5. The van der Waals surface area contributed by atoms with E-state index in [1.165, 1.54) is 26.4 Å². The molecule has 1 aromatic carbocycles. The molecule has 0 radical (unpaired) electrons. The lowest BCUT2D eigenvalue weighted by Gasteiger charge is -2.12. The van der Waals surface area contributed by atoms with Gasteiger partial charge in [0.05, 0.1) is 26.2 Å². The lowest BCUT2D eigenvalue weighted by Crippen LogP contribution is -2.26. The number of carbonyl (C=O) groups is 2. The highest BCUT2D eigenvalue weighted by Crippen LogP contribution is 2.31. The molecule has 0 aliphatic carbocycles. The van der Waals surface area contributed by atoms with Gasteiger partial charge in [-0.25, -0.2) is 0 Å². The highest BCUT2D eigenvalue weighted by molar-refractivity contribution is 6.00. The molecular formula is C12H17ClN2O5. The first kappa shape index (κ1) is 17.8. The molecule has 0 heterocycles. The van der Waals surface area contributed by atoms with E-state index >= 15 is 0 Å². The summed E-state index contributed by atoms with van der Waals surface area (Å²) in [4.78, 5) is 22.2. The topological polar surface area (TPSA) is 111 Å². The molecule has 0 bridgehead atoms. The third kappa shape index (κ3) is 4.51. The molecule has 112 valence electrons. The van der Waals surface area contributed by atoms with Gasteiger partial charge in [-0.15, -0.1) is 12.4 Å². The fourth-order valence-corrected chi connectivity index (χ4v) is 1.47. The minimum Gasteiger partial charge on any atom is -0.493 e. The molecule has 0 atom stereocenters. The number of methoxy groups -OCH3 is 2. The van der Waals surface area contributed by atoms with E-state index in [-0.39, 0.29) is 36.6 Å². The zero-order chi connectivity index (χ0) is 14.4. The third-order valence-electron chi connectivity index (χ3n) is 2.42. The minimum absolute atomic E-state index is 0. The van der Waals surface area contributed by atoms with Crippen LogP contribution in [-0.2, 0) is 4.79 Å². The van der Waals surface area contributed by atoms with Crippen molar-refractivity contribution >= 4 is 30.0 Å². The van der Waals surface area contributed by atoms with E-state index < -0.39 is 11.9 Å². The molecular weight excluding hydrogens is 288 g/mol. The Bertz CT molecular complexity index is 493. The molecule has 0 saturated carbocycles. The standard InChI is InChI=1S/C12H16N2O5.ClH/c1-18-9-5-7(8(13)6-10(9)19-2)12(17)14-4-3-11(15)16;/h5-6H,3-4,13H2,1-2H3,(H,14,17)(H,15,16);1H.